The van der Waals surface area contributed by atoms with Gasteiger partial charge in [0.1, 0.15) is 5.76 Å². The van der Waals surface area contributed by atoms with Crippen LogP contribution < -0.4 is 5.43 Å². The highest BCUT2D eigenvalue weighted by Gasteiger charge is 2.08. The van der Waals surface area contributed by atoms with Crippen molar-refractivity contribution in [2.75, 3.05) is 5.75 Å². The lowest BCUT2D eigenvalue weighted by atomic mass is 10.1. The number of halogens is 1. The van der Waals surface area contributed by atoms with Crippen molar-refractivity contribution in [2.24, 2.45) is 5.10 Å². The van der Waals surface area contributed by atoms with Crippen molar-refractivity contribution in [3.63, 3.8) is 0 Å². The molecule has 0 bridgehead atoms. The summed E-state index contributed by atoms with van der Waals surface area (Å²) in [7, 11) is 0. The van der Waals surface area contributed by atoms with Crippen LogP contribution >= 0.6 is 23.4 Å². The number of amides is 1. The molecular weight excluding hydrogens is 308 g/mol. The second kappa shape index (κ2) is 7.90. The zero-order valence-corrected chi connectivity index (χ0v) is 13.1. The van der Waals surface area contributed by atoms with E-state index in [0.717, 1.165) is 16.2 Å². The average molecular weight is 323 g/mol. The minimum Gasteiger partial charge on any atom is -0.463 e. The minimum absolute atomic E-state index is 0.196. The smallest absolute Gasteiger partial charge is 0.244 e. The van der Waals surface area contributed by atoms with Gasteiger partial charge in [-0.1, -0.05) is 18.5 Å². The van der Waals surface area contributed by atoms with E-state index in [2.05, 4.69) is 17.5 Å². The average Bonchev–Trinajstić information content (AvgIpc) is 2.95. The second-order valence-corrected chi connectivity index (χ2v) is 5.91. The Morgan fingerprint density at radius 2 is 2.33 bits per heavy atom. The first-order chi connectivity index (χ1) is 10.2. The summed E-state index contributed by atoms with van der Waals surface area (Å²) in [6.45, 7) is 2.07. The van der Waals surface area contributed by atoms with Crippen LogP contribution in [0.1, 0.15) is 18.2 Å². The van der Waals surface area contributed by atoms with Crippen LogP contribution in [0.15, 0.2) is 51.0 Å². The standard InChI is InChI=1S/C15H15ClN2O2S/c1-2-21-14-6-5-12(16)8-11(14)9-15(19)18-17-10-13-4-3-7-20-13/h3-8,10H,2,9H2,1H3,(H,18,19)/b17-10-. The van der Waals surface area contributed by atoms with Crippen LogP contribution in [-0.2, 0) is 11.2 Å². The molecule has 6 heteroatoms. The van der Waals surface area contributed by atoms with E-state index in [1.54, 1.807) is 30.2 Å². The fourth-order valence-electron chi connectivity index (χ4n) is 1.73. The number of hydrogen-bond acceptors (Lipinski definition) is 4. The molecule has 1 aromatic heterocycles. The molecule has 21 heavy (non-hydrogen) atoms. The van der Waals surface area contributed by atoms with Crippen molar-refractivity contribution < 1.29 is 9.21 Å². The minimum atomic E-state index is -0.196. The van der Waals surface area contributed by atoms with E-state index in [9.17, 15) is 4.79 Å². The molecular formula is C15H15ClN2O2S. The van der Waals surface area contributed by atoms with Crippen LogP contribution in [0.2, 0.25) is 5.02 Å². The first kappa shape index (κ1) is 15.7. The van der Waals surface area contributed by atoms with Gasteiger partial charge in [-0.2, -0.15) is 5.10 Å². The van der Waals surface area contributed by atoms with E-state index >= 15 is 0 Å². The van der Waals surface area contributed by atoms with E-state index < -0.39 is 0 Å². The Kier molecular flexibility index (Phi) is 5.90. The molecule has 4 nitrogen and oxygen atoms in total. The molecule has 0 aliphatic heterocycles. The first-order valence-electron chi connectivity index (χ1n) is 6.45. The van der Waals surface area contributed by atoms with Gasteiger partial charge < -0.3 is 4.42 Å². The summed E-state index contributed by atoms with van der Waals surface area (Å²) >= 11 is 7.67. The van der Waals surface area contributed by atoms with Gasteiger partial charge in [-0.3, -0.25) is 4.79 Å². The van der Waals surface area contributed by atoms with Gasteiger partial charge in [-0.05, 0) is 41.6 Å². The molecule has 110 valence electrons. The molecule has 1 aromatic carbocycles. The Bertz CT molecular complexity index is 627. The largest absolute Gasteiger partial charge is 0.463 e. The maximum Gasteiger partial charge on any atom is 0.244 e. The van der Waals surface area contributed by atoms with E-state index in [1.807, 2.05) is 18.2 Å². The highest BCUT2D eigenvalue weighted by atomic mass is 35.5. The van der Waals surface area contributed by atoms with Crippen LogP contribution in [0.3, 0.4) is 0 Å². The number of hydrogen-bond donors (Lipinski definition) is 1. The Labute approximate surface area is 132 Å². The molecule has 1 N–H and O–H groups in total. The van der Waals surface area contributed by atoms with Crippen molar-refractivity contribution in [1.82, 2.24) is 5.43 Å². The van der Waals surface area contributed by atoms with Crippen molar-refractivity contribution in [2.45, 2.75) is 18.2 Å². The molecule has 0 saturated carbocycles. The van der Waals surface area contributed by atoms with Crippen molar-refractivity contribution >= 4 is 35.5 Å². The third-order valence-electron chi connectivity index (χ3n) is 2.60. The lowest BCUT2D eigenvalue weighted by molar-refractivity contribution is -0.120. The maximum atomic E-state index is 11.9. The topological polar surface area (TPSA) is 54.6 Å². The summed E-state index contributed by atoms with van der Waals surface area (Å²) in [6.07, 6.45) is 3.24. The molecule has 1 amide bonds. The molecule has 0 atom stereocenters. The molecule has 2 rings (SSSR count). The van der Waals surface area contributed by atoms with E-state index in [-0.39, 0.29) is 12.3 Å². The fraction of sp³-hybridized carbons (Fsp3) is 0.200. The highest BCUT2D eigenvalue weighted by molar-refractivity contribution is 7.99. The van der Waals surface area contributed by atoms with Crippen molar-refractivity contribution in [1.29, 1.82) is 0 Å². The summed E-state index contributed by atoms with van der Waals surface area (Å²) in [4.78, 5) is 13.0. The monoisotopic (exact) mass is 322 g/mol. The number of nitrogens with zero attached hydrogens (tertiary/aromatic N) is 1. The van der Waals surface area contributed by atoms with Crippen LogP contribution in [0.4, 0.5) is 0 Å². The molecule has 0 saturated heterocycles. The molecule has 2 aromatic rings. The summed E-state index contributed by atoms with van der Waals surface area (Å²) in [5.74, 6) is 1.32. The Balaban J connectivity index is 1.97. The number of carbonyl (C=O) groups is 1. The summed E-state index contributed by atoms with van der Waals surface area (Å²) < 4.78 is 5.08. The number of nitrogens with one attached hydrogen (secondary N) is 1. The van der Waals surface area contributed by atoms with Gasteiger partial charge in [-0.25, -0.2) is 5.43 Å². The molecule has 0 fully saturated rings. The second-order valence-electron chi connectivity index (χ2n) is 4.17. The van der Waals surface area contributed by atoms with Gasteiger partial charge in [-0.15, -0.1) is 11.8 Å². The lowest BCUT2D eigenvalue weighted by Gasteiger charge is -2.08. The summed E-state index contributed by atoms with van der Waals surface area (Å²) in [5, 5.41) is 4.47. The van der Waals surface area contributed by atoms with Gasteiger partial charge in [0.05, 0.1) is 18.9 Å². The van der Waals surface area contributed by atoms with E-state index in [0.29, 0.717) is 10.8 Å². The van der Waals surface area contributed by atoms with Crippen molar-refractivity contribution in [3.05, 3.63) is 52.9 Å². The van der Waals surface area contributed by atoms with Gasteiger partial charge in [0, 0.05) is 9.92 Å². The molecule has 0 unspecified atom stereocenters. The normalized spacial score (nSPS) is 11.0. The van der Waals surface area contributed by atoms with Crippen LogP contribution in [-0.4, -0.2) is 17.9 Å². The van der Waals surface area contributed by atoms with Crippen molar-refractivity contribution in [3.8, 4) is 0 Å². The first-order valence-corrected chi connectivity index (χ1v) is 7.82. The Morgan fingerprint density at radius 1 is 1.48 bits per heavy atom. The molecule has 0 aliphatic rings. The zero-order valence-electron chi connectivity index (χ0n) is 11.5. The Hall–Kier alpha value is -1.72. The van der Waals surface area contributed by atoms with Gasteiger partial charge >= 0.3 is 0 Å². The number of thioether (sulfide) groups is 1. The quantitative estimate of drug-likeness (QED) is 0.501. The van der Waals surface area contributed by atoms with Crippen LogP contribution in [0, 0.1) is 0 Å². The fourth-order valence-corrected chi connectivity index (χ4v) is 2.71. The van der Waals surface area contributed by atoms with Crippen LogP contribution in [0.5, 0.6) is 0 Å². The van der Waals surface area contributed by atoms with E-state index in [1.165, 1.54) is 6.21 Å². The molecule has 0 spiro atoms. The Morgan fingerprint density at radius 3 is 3.05 bits per heavy atom. The zero-order chi connectivity index (χ0) is 15.1. The molecule has 0 radical (unpaired) electrons. The third kappa shape index (κ3) is 4.95. The summed E-state index contributed by atoms with van der Waals surface area (Å²) in [6, 6.07) is 9.09. The molecule has 0 aliphatic carbocycles. The SMILES string of the molecule is CCSc1ccc(Cl)cc1CC(=O)N/N=C\c1ccco1. The number of rotatable bonds is 6. The third-order valence-corrected chi connectivity index (χ3v) is 3.83. The van der Waals surface area contributed by atoms with Gasteiger partial charge in [0.15, 0.2) is 0 Å². The maximum absolute atomic E-state index is 11.9. The number of hydrazone groups is 1. The molecule has 1 heterocycles. The number of carbonyl (C=O) groups excluding carboxylic acids is 1. The predicted molar refractivity (Wildman–Crippen MR) is 86.0 cm³/mol. The van der Waals surface area contributed by atoms with Gasteiger partial charge in [0.25, 0.3) is 0 Å². The summed E-state index contributed by atoms with van der Waals surface area (Å²) in [5.41, 5.74) is 3.38. The number of furan rings is 1. The lowest BCUT2D eigenvalue weighted by Crippen LogP contribution is -2.20. The van der Waals surface area contributed by atoms with Crippen LogP contribution in [0.25, 0.3) is 0 Å². The van der Waals surface area contributed by atoms with Gasteiger partial charge in [0.2, 0.25) is 5.91 Å². The predicted octanol–water partition coefficient (Wildman–Crippen LogP) is 3.74. The highest BCUT2D eigenvalue weighted by Crippen LogP contribution is 2.26. The van der Waals surface area contributed by atoms with E-state index in [4.69, 9.17) is 16.0 Å². The number of benzene rings is 1.